The zero-order valence-corrected chi connectivity index (χ0v) is 27.2. The Morgan fingerprint density at radius 1 is 0.957 bits per heavy atom. The number of hydrogen-bond acceptors (Lipinski definition) is 9. The van der Waals surface area contributed by atoms with E-state index in [1.807, 2.05) is 12.1 Å². The fourth-order valence-corrected chi connectivity index (χ4v) is 8.73. The van der Waals surface area contributed by atoms with E-state index in [9.17, 15) is 8.42 Å². The summed E-state index contributed by atoms with van der Waals surface area (Å²) in [7, 11) is -0.957. The van der Waals surface area contributed by atoms with Crippen LogP contribution in [0.3, 0.4) is 0 Å². The average Bonchev–Trinajstić information content (AvgIpc) is 3.64. The van der Waals surface area contributed by atoms with Crippen LogP contribution in [0.5, 0.6) is 17.2 Å². The molecule has 9 nitrogen and oxygen atoms in total. The first kappa shape index (κ1) is 30.2. The maximum atomic E-state index is 14.3. The van der Waals surface area contributed by atoms with Crippen molar-refractivity contribution in [2.75, 3.05) is 31.7 Å². The molecule has 0 spiro atoms. The lowest BCUT2D eigenvalue weighted by molar-refractivity contribution is 0.105. The maximum absolute atomic E-state index is 14.3. The summed E-state index contributed by atoms with van der Waals surface area (Å²) in [5, 5.41) is 0.257. The van der Waals surface area contributed by atoms with E-state index < -0.39 is 10.0 Å². The van der Waals surface area contributed by atoms with Gasteiger partial charge in [0.2, 0.25) is 5.13 Å². The van der Waals surface area contributed by atoms with Crippen molar-refractivity contribution in [2.24, 2.45) is 0 Å². The molecule has 0 N–H and O–H groups in total. The van der Waals surface area contributed by atoms with Gasteiger partial charge in [0.15, 0.2) is 0 Å². The summed E-state index contributed by atoms with van der Waals surface area (Å²) in [4.78, 5) is 6.94. The summed E-state index contributed by atoms with van der Waals surface area (Å²) in [6, 6.07) is 30.0. The second-order valence-corrected chi connectivity index (χ2v) is 13.9. The second kappa shape index (κ2) is 12.7. The number of aromatic nitrogens is 2. The van der Waals surface area contributed by atoms with E-state index in [0.717, 1.165) is 36.5 Å². The molecule has 0 bridgehead atoms. The molecule has 46 heavy (non-hydrogen) atoms. The van der Waals surface area contributed by atoms with Crippen LogP contribution in [0.4, 0.5) is 5.13 Å². The topological polar surface area (TPSA) is 94.1 Å². The number of anilines is 1. The van der Waals surface area contributed by atoms with Gasteiger partial charge in [-0.05, 0) is 41.3 Å². The van der Waals surface area contributed by atoms with Crippen LogP contribution in [0.25, 0.3) is 0 Å². The highest BCUT2D eigenvalue weighted by atomic mass is 32.2. The Morgan fingerprint density at radius 3 is 2.57 bits per heavy atom. The van der Waals surface area contributed by atoms with Crippen molar-refractivity contribution in [1.29, 1.82) is 0 Å². The largest absolute Gasteiger partial charge is 0.497 e. The number of ether oxygens (including phenoxy) is 3. The van der Waals surface area contributed by atoms with Gasteiger partial charge in [0, 0.05) is 53.8 Å². The van der Waals surface area contributed by atoms with Crippen LogP contribution in [0.1, 0.15) is 46.3 Å². The van der Waals surface area contributed by atoms with Crippen molar-refractivity contribution in [3.63, 3.8) is 0 Å². The summed E-state index contributed by atoms with van der Waals surface area (Å²) >= 11 is 1.02. The zero-order valence-electron chi connectivity index (χ0n) is 25.6. The Bertz CT molecular complexity index is 1940. The fraction of sp³-hybridized carbons (Fsp3) is 0.257. The van der Waals surface area contributed by atoms with Crippen LogP contribution in [-0.4, -0.2) is 50.0 Å². The molecule has 2 aliphatic rings. The number of benzene rings is 4. The lowest BCUT2D eigenvalue weighted by Gasteiger charge is -2.44. The molecule has 0 unspecified atom stereocenters. The number of sulfonamides is 1. The van der Waals surface area contributed by atoms with Gasteiger partial charge < -0.3 is 14.2 Å². The van der Waals surface area contributed by atoms with Gasteiger partial charge in [0.1, 0.15) is 23.6 Å². The summed E-state index contributed by atoms with van der Waals surface area (Å²) in [6.07, 6.45) is 3.11. The highest BCUT2D eigenvalue weighted by Crippen LogP contribution is 2.46. The van der Waals surface area contributed by atoms with Gasteiger partial charge in [-0.15, -0.1) is 0 Å². The Hall–Kier alpha value is -4.45. The van der Waals surface area contributed by atoms with E-state index in [0.29, 0.717) is 29.4 Å². The van der Waals surface area contributed by atoms with Crippen LogP contribution in [0.2, 0.25) is 0 Å². The van der Waals surface area contributed by atoms with Gasteiger partial charge in [-0.3, -0.25) is 4.90 Å². The fourth-order valence-electron chi connectivity index (χ4n) is 6.58. The number of fused-ring (bicyclic) bond motifs is 2. The number of rotatable bonds is 9. The normalized spacial score (nSPS) is 17.8. The summed E-state index contributed by atoms with van der Waals surface area (Å²) in [5.74, 6) is 1.71. The first-order valence-electron chi connectivity index (χ1n) is 15.1. The standard InChI is InChI=1S/C35H34N4O5S2/c1-42-27-13-12-26(32(20-27)43-2)22-39(35-36-23-37-45-35)46(40,41)28-14-15-30-31(17-19-44-33(30)21-28)38-18-16-24-8-6-7-11-29(24)34(38)25-9-4-3-5-10-25/h3-15,20-21,23,31,34H,16-19,22H2,1-2H3/t31-,34+/m0/s1. The molecule has 0 amide bonds. The van der Waals surface area contributed by atoms with Crippen LogP contribution in [-0.2, 0) is 23.0 Å². The van der Waals surface area contributed by atoms with Crippen LogP contribution in [0, 0.1) is 0 Å². The van der Waals surface area contributed by atoms with E-state index in [1.165, 1.54) is 27.3 Å². The lowest BCUT2D eigenvalue weighted by Crippen LogP contribution is -2.40. The number of nitrogens with zero attached hydrogens (tertiary/aromatic N) is 4. The molecule has 0 saturated heterocycles. The smallest absolute Gasteiger partial charge is 0.266 e. The Balaban J connectivity index is 1.24. The van der Waals surface area contributed by atoms with Gasteiger partial charge in [0.05, 0.1) is 38.3 Å². The monoisotopic (exact) mass is 654 g/mol. The third-order valence-electron chi connectivity index (χ3n) is 8.79. The molecular formula is C35H34N4O5S2. The molecule has 236 valence electrons. The van der Waals surface area contributed by atoms with Gasteiger partial charge in [0.25, 0.3) is 10.0 Å². The molecule has 3 heterocycles. The Morgan fingerprint density at radius 2 is 1.78 bits per heavy atom. The minimum absolute atomic E-state index is 0.00277. The van der Waals surface area contributed by atoms with Crippen molar-refractivity contribution in [3.05, 3.63) is 125 Å². The molecular weight excluding hydrogens is 621 g/mol. The molecule has 4 aromatic carbocycles. The third kappa shape index (κ3) is 5.59. The van der Waals surface area contributed by atoms with Crippen molar-refractivity contribution in [3.8, 4) is 17.2 Å². The molecule has 0 radical (unpaired) electrons. The number of methoxy groups -OCH3 is 2. The van der Waals surface area contributed by atoms with Gasteiger partial charge >= 0.3 is 0 Å². The van der Waals surface area contributed by atoms with Gasteiger partial charge in [-0.2, -0.15) is 4.37 Å². The van der Waals surface area contributed by atoms with Crippen LogP contribution < -0.4 is 18.5 Å². The van der Waals surface area contributed by atoms with E-state index in [2.05, 4.69) is 62.8 Å². The predicted molar refractivity (Wildman–Crippen MR) is 177 cm³/mol. The molecule has 0 fully saturated rings. The first-order chi connectivity index (χ1) is 22.5. The van der Waals surface area contributed by atoms with E-state index >= 15 is 0 Å². The van der Waals surface area contributed by atoms with Crippen molar-refractivity contribution in [2.45, 2.75) is 36.4 Å². The molecule has 0 saturated carbocycles. The van der Waals surface area contributed by atoms with E-state index in [4.69, 9.17) is 14.2 Å². The highest BCUT2D eigenvalue weighted by Gasteiger charge is 2.37. The Kier molecular flexibility index (Phi) is 8.37. The van der Waals surface area contributed by atoms with Gasteiger partial charge in [-0.25, -0.2) is 17.7 Å². The quantitative estimate of drug-likeness (QED) is 0.180. The predicted octanol–water partition coefficient (Wildman–Crippen LogP) is 6.42. The summed E-state index contributed by atoms with van der Waals surface area (Å²) < 4.78 is 51.1. The van der Waals surface area contributed by atoms with Crippen LogP contribution in [0.15, 0.2) is 102 Å². The van der Waals surface area contributed by atoms with E-state index in [-0.39, 0.29) is 28.7 Å². The minimum Gasteiger partial charge on any atom is -0.497 e. The minimum atomic E-state index is -4.07. The molecule has 11 heteroatoms. The maximum Gasteiger partial charge on any atom is 0.266 e. The molecule has 1 aromatic heterocycles. The van der Waals surface area contributed by atoms with Crippen molar-refractivity contribution < 1.29 is 22.6 Å². The summed E-state index contributed by atoms with van der Waals surface area (Å²) in [6.45, 7) is 1.37. The Labute approximate surface area is 273 Å². The third-order valence-corrected chi connectivity index (χ3v) is 11.3. The average molecular weight is 655 g/mol. The van der Waals surface area contributed by atoms with Crippen molar-refractivity contribution in [1.82, 2.24) is 14.3 Å². The zero-order chi connectivity index (χ0) is 31.7. The molecule has 5 aromatic rings. The SMILES string of the molecule is COc1ccc(CN(c2ncns2)S(=O)(=O)c2ccc3c(c2)OCC[C@@H]3N2CCc3ccccc3[C@H]2c2ccccc2)c(OC)c1. The van der Waals surface area contributed by atoms with Gasteiger partial charge in [-0.1, -0.05) is 60.7 Å². The lowest BCUT2D eigenvalue weighted by atomic mass is 9.85. The molecule has 0 aliphatic carbocycles. The van der Waals surface area contributed by atoms with E-state index in [1.54, 1.807) is 44.6 Å². The highest BCUT2D eigenvalue weighted by molar-refractivity contribution is 7.93. The molecule has 2 atom stereocenters. The first-order valence-corrected chi connectivity index (χ1v) is 17.3. The molecule has 2 aliphatic heterocycles. The second-order valence-electron chi connectivity index (χ2n) is 11.3. The van der Waals surface area contributed by atoms with Crippen LogP contribution >= 0.6 is 11.5 Å². The molecule has 7 rings (SSSR count). The summed E-state index contributed by atoms with van der Waals surface area (Å²) in [5.41, 5.74) is 5.57. The number of hydrogen-bond donors (Lipinski definition) is 0. The van der Waals surface area contributed by atoms with Crippen molar-refractivity contribution >= 4 is 26.7 Å².